The minimum Gasteiger partial charge on any atom is -0.481 e. The summed E-state index contributed by atoms with van der Waals surface area (Å²) in [7, 11) is 0. The number of benzene rings is 2. The Balaban J connectivity index is 1.42. The van der Waals surface area contributed by atoms with Gasteiger partial charge in [-0.3, -0.25) is 9.59 Å². The summed E-state index contributed by atoms with van der Waals surface area (Å²) in [6.45, 7) is 2.74. The number of rotatable bonds is 7. The summed E-state index contributed by atoms with van der Waals surface area (Å²) in [5.74, 6) is -0.961. The van der Waals surface area contributed by atoms with E-state index in [0.717, 1.165) is 43.4 Å². The van der Waals surface area contributed by atoms with Crippen molar-refractivity contribution < 1.29 is 19.1 Å². The Morgan fingerprint density at radius 1 is 1.13 bits per heavy atom. The number of likely N-dealkylation sites (tertiary alicyclic amines) is 1. The van der Waals surface area contributed by atoms with E-state index < -0.39 is 5.97 Å². The van der Waals surface area contributed by atoms with Crippen molar-refractivity contribution in [3.8, 4) is 0 Å². The third-order valence-electron chi connectivity index (χ3n) is 5.97. The first-order valence-corrected chi connectivity index (χ1v) is 10.6. The molecule has 1 aliphatic heterocycles. The molecule has 0 bridgehead atoms. The number of nitrogens with zero attached hydrogens (tertiary/aromatic N) is 1. The lowest BCUT2D eigenvalue weighted by Gasteiger charge is -2.31. The van der Waals surface area contributed by atoms with Crippen LogP contribution in [0.5, 0.6) is 0 Å². The average molecular weight is 423 g/mol. The predicted octanol–water partition coefficient (Wildman–Crippen LogP) is 4.60. The second-order valence-corrected chi connectivity index (χ2v) is 8.08. The molecule has 1 aromatic heterocycles. The number of nitrogens with one attached hydrogen (secondary N) is 2. The lowest BCUT2D eigenvalue weighted by atomic mass is 9.89. The van der Waals surface area contributed by atoms with Crippen molar-refractivity contribution in [2.45, 2.75) is 31.6 Å². The molecule has 1 fully saturated rings. The molecule has 0 unspecified atom stereocenters. The van der Waals surface area contributed by atoms with Gasteiger partial charge in [0.15, 0.2) is 0 Å². The maximum atomic E-state index is 13.1. The second kappa shape index (κ2) is 9.31. The van der Waals surface area contributed by atoms with Crippen molar-refractivity contribution in [3.05, 3.63) is 65.6 Å². The molecule has 1 aliphatic rings. The number of piperidine rings is 1. The Hall–Kier alpha value is -3.19. The van der Waals surface area contributed by atoms with Crippen LogP contribution < -0.4 is 5.32 Å². The molecular formula is C24H26FN3O3. The van der Waals surface area contributed by atoms with Crippen LogP contribution in [0.25, 0.3) is 10.9 Å². The number of carbonyl (C=O) groups excluding carboxylic acids is 1. The average Bonchev–Trinajstić information content (AvgIpc) is 3.18. The van der Waals surface area contributed by atoms with E-state index >= 15 is 0 Å². The van der Waals surface area contributed by atoms with Gasteiger partial charge in [0.25, 0.3) is 5.91 Å². The van der Waals surface area contributed by atoms with E-state index in [1.165, 1.54) is 29.8 Å². The van der Waals surface area contributed by atoms with Gasteiger partial charge in [0, 0.05) is 34.8 Å². The summed E-state index contributed by atoms with van der Waals surface area (Å²) >= 11 is 0. The molecule has 1 saturated heterocycles. The lowest BCUT2D eigenvalue weighted by Crippen LogP contribution is -2.33. The van der Waals surface area contributed by atoms with Gasteiger partial charge < -0.3 is 20.3 Å². The van der Waals surface area contributed by atoms with Crippen molar-refractivity contribution in [2.24, 2.45) is 0 Å². The monoisotopic (exact) mass is 423 g/mol. The van der Waals surface area contributed by atoms with E-state index in [2.05, 4.69) is 21.4 Å². The Morgan fingerprint density at radius 2 is 1.87 bits per heavy atom. The maximum Gasteiger partial charge on any atom is 0.303 e. The van der Waals surface area contributed by atoms with E-state index in [9.17, 15) is 14.0 Å². The number of aromatic nitrogens is 1. The molecule has 0 saturated carbocycles. The first-order valence-electron chi connectivity index (χ1n) is 10.6. The molecule has 162 valence electrons. The SMILES string of the molecule is O=C(O)CCCN1CCC(c2c[nH]c3ccc(NC(=O)c4ccc(F)cc4)cc23)CC1. The molecule has 0 aliphatic carbocycles. The van der Waals surface area contributed by atoms with Crippen LogP contribution in [0.4, 0.5) is 10.1 Å². The lowest BCUT2D eigenvalue weighted by molar-refractivity contribution is -0.137. The van der Waals surface area contributed by atoms with Gasteiger partial charge in [-0.1, -0.05) is 0 Å². The van der Waals surface area contributed by atoms with Gasteiger partial charge in [0.1, 0.15) is 5.82 Å². The smallest absolute Gasteiger partial charge is 0.303 e. The zero-order valence-electron chi connectivity index (χ0n) is 17.2. The molecule has 3 N–H and O–H groups in total. The predicted molar refractivity (Wildman–Crippen MR) is 118 cm³/mol. The molecule has 7 heteroatoms. The fraction of sp³-hybridized carbons (Fsp3) is 0.333. The highest BCUT2D eigenvalue weighted by Crippen LogP contribution is 2.34. The summed E-state index contributed by atoms with van der Waals surface area (Å²) in [6.07, 6.45) is 5.00. The van der Waals surface area contributed by atoms with Crippen LogP contribution in [-0.4, -0.2) is 46.5 Å². The van der Waals surface area contributed by atoms with E-state index in [-0.39, 0.29) is 18.1 Å². The molecule has 6 nitrogen and oxygen atoms in total. The number of amides is 1. The summed E-state index contributed by atoms with van der Waals surface area (Å²) in [5, 5.41) is 12.8. The van der Waals surface area contributed by atoms with Gasteiger partial charge in [0.2, 0.25) is 0 Å². The highest BCUT2D eigenvalue weighted by Gasteiger charge is 2.23. The summed E-state index contributed by atoms with van der Waals surface area (Å²) in [6, 6.07) is 11.3. The molecule has 3 aromatic rings. The number of anilines is 1. The molecule has 0 radical (unpaired) electrons. The topological polar surface area (TPSA) is 85.4 Å². The molecule has 0 atom stereocenters. The van der Waals surface area contributed by atoms with Gasteiger partial charge in [0.05, 0.1) is 0 Å². The highest BCUT2D eigenvalue weighted by atomic mass is 19.1. The zero-order valence-corrected chi connectivity index (χ0v) is 17.2. The fourth-order valence-electron chi connectivity index (χ4n) is 4.28. The number of hydrogen-bond acceptors (Lipinski definition) is 3. The highest BCUT2D eigenvalue weighted by molar-refractivity contribution is 6.05. The van der Waals surface area contributed by atoms with Crippen LogP contribution >= 0.6 is 0 Å². The number of carbonyl (C=O) groups is 2. The summed E-state index contributed by atoms with van der Waals surface area (Å²) in [5.41, 5.74) is 3.39. The van der Waals surface area contributed by atoms with Gasteiger partial charge in [-0.05, 0) is 92.8 Å². The number of carboxylic acid groups (broad SMARTS) is 1. The van der Waals surface area contributed by atoms with Crippen LogP contribution in [0.1, 0.15) is 47.5 Å². The number of halogens is 1. The Bertz CT molecular complexity index is 1070. The van der Waals surface area contributed by atoms with Crippen molar-refractivity contribution in [2.75, 3.05) is 25.0 Å². The number of aromatic amines is 1. The van der Waals surface area contributed by atoms with Crippen molar-refractivity contribution in [1.29, 1.82) is 0 Å². The van der Waals surface area contributed by atoms with Gasteiger partial charge in [-0.15, -0.1) is 0 Å². The van der Waals surface area contributed by atoms with E-state index in [4.69, 9.17) is 5.11 Å². The summed E-state index contributed by atoms with van der Waals surface area (Å²) < 4.78 is 13.1. The molecule has 4 rings (SSSR count). The third-order valence-corrected chi connectivity index (χ3v) is 5.97. The number of fused-ring (bicyclic) bond motifs is 1. The van der Waals surface area contributed by atoms with E-state index in [1.807, 2.05) is 18.2 Å². The molecule has 2 aromatic carbocycles. The van der Waals surface area contributed by atoms with E-state index in [1.54, 1.807) is 0 Å². The maximum absolute atomic E-state index is 13.1. The number of H-pyrrole nitrogens is 1. The Labute approximate surface area is 180 Å². The van der Waals surface area contributed by atoms with Crippen molar-refractivity contribution >= 4 is 28.5 Å². The Morgan fingerprint density at radius 3 is 2.58 bits per heavy atom. The van der Waals surface area contributed by atoms with Crippen LogP contribution in [-0.2, 0) is 4.79 Å². The molecule has 0 spiro atoms. The van der Waals surface area contributed by atoms with Crippen molar-refractivity contribution in [3.63, 3.8) is 0 Å². The normalized spacial score (nSPS) is 15.3. The number of hydrogen-bond donors (Lipinski definition) is 3. The largest absolute Gasteiger partial charge is 0.481 e. The van der Waals surface area contributed by atoms with Gasteiger partial charge in [-0.25, -0.2) is 4.39 Å². The third kappa shape index (κ3) is 5.11. The zero-order chi connectivity index (χ0) is 21.8. The summed E-state index contributed by atoms with van der Waals surface area (Å²) in [4.78, 5) is 28.8. The quantitative estimate of drug-likeness (QED) is 0.518. The minimum absolute atomic E-state index is 0.217. The molecule has 2 heterocycles. The van der Waals surface area contributed by atoms with Gasteiger partial charge in [-0.2, -0.15) is 0 Å². The standard InChI is InChI=1S/C24H26FN3O3/c25-18-5-3-17(4-6-18)24(31)27-19-7-8-22-20(14-19)21(15-26-22)16-9-12-28(13-10-16)11-1-2-23(29)30/h3-8,14-16,26H,1-2,9-13H2,(H,27,31)(H,29,30). The number of carboxylic acids is 1. The molecular weight excluding hydrogens is 397 g/mol. The van der Waals surface area contributed by atoms with Crippen LogP contribution in [0, 0.1) is 5.82 Å². The van der Waals surface area contributed by atoms with Gasteiger partial charge >= 0.3 is 5.97 Å². The minimum atomic E-state index is -0.740. The fourth-order valence-corrected chi connectivity index (χ4v) is 4.28. The molecule has 1 amide bonds. The van der Waals surface area contributed by atoms with E-state index in [0.29, 0.717) is 23.6 Å². The van der Waals surface area contributed by atoms with Crippen LogP contribution in [0.15, 0.2) is 48.7 Å². The van der Waals surface area contributed by atoms with Crippen LogP contribution in [0.3, 0.4) is 0 Å². The Kier molecular flexibility index (Phi) is 6.32. The first kappa shape index (κ1) is 21.1. The number of aliphatic carboxylic acids is 1. The second-order valence-electron chi connectivity index (χ2n) is 8.08. The molecule has 31 heavy (non-hydrogen) atoms. The van der Waals surface area contributed by atoms with Crippen LogP contribution in [0.2, 0.25) is 0 Å². The van der Waals surface area contributed by atoms with Crippen molar-refractivity contribution in [1.82, 2.24) is 9.88 Å². The first-order chi connectivity index (χ1) is 15.0.